The number of aliphatic hydroxyl groups is 1. The molecule has 119 heavy (non-hydrogen) atoms. The summed E-state index contributed by atoms with van der Waals surface area (Å²) in [5.41, 5.74) is 2.16. The lowest BCUT2D eigenvalue weighted by molar-refractivity contribution is -0.179. The van der Waals surface area contributed by atoms with E-state index in [-0.39, 0.29) is 80.9 Å². The number of aliphatic hydroxyl groups excluding tert-OH is 1. The van der Waals surface area contributed by atoms with Crippen LogP contribution in [0.1, 0.15) is 189 Å². The minimum atomic E-state index is -4.59. The molecule has 6 aromatic rings. The van der Waals surface area contributed by atoms with Gasteiger partial charge in [0.05, 0.1) is 103 Å². The maximum Gasteiger partial charge on any atom is 0.416 e. The average molecular weight is 1800 g/mol. The monoisotopic (exact) mass is 1800 g/mol. The molecule has 5 saturated carbocycles. The smallest absolute Gasteiger partial charge is 0.400 e. The fourth-order valence-electron chi connectivity index (χ4n) is 15.3. The van der Waals surface area contributed by atoms with Crippen LogP contribution in [0.5, 0.6) is 0 Å². The highest BCUT2D eigenvalue weighted by Gasteiger charge is 2.53. The number of nitrogens with two attached hydrogens (primary N) is 1. The van der Waals surface area contributed by atoms with Gasteiger partial charge in [0.1, 0.15) is 5.78 Å². The van der Waals surface area contributed by atoms with E-state index in [1.54, 1.807) is 20.8 Å². The standard InChI is InChI=1S/C21H24F3NO2S.C16H19F3O4S.C15H17F3O4S.C14H18F3NO2S.C14H15F3O3S.CH4O/c1-20(28(26,27)19-9-5-8-17(14-19)21(22,23)24)12-10-18(11-13-20)25-15-16-6-3-2-4-7-16;1-14(5-7-15(8-6-14)22-9-10-23-15)24(20,21)13-4-2-3-12(11-13)16(17,18)19;16-15(17,18)11-2-1-3-13(10-11)23(19,20)12-4-6-14(7-5-12)21-8-9-22-14;2*1-13(7-5-11(18)6-8-13)21(19,20)12-4-2-3-10(9-12)14(15,16)17;1-2/h2-9,14,18,25H,10-13,15H2,1H3;2-4,11H,5-10H2,1H3;1-3,10,12H,4-9H2;2-4,9,11H,5-8,18H2,1H3;2-4,9H,5-8H2,1H3;2H,1H3. The van der Waals surface area contributed by atoms with Crippen molar-refractivity contribution in [2.24, 2.45) is 5.73 Å². The molecule has 0 amide bonds. The Kier molecular flexibility index (Phi) is 31.1. The van der Waals surface area contributed by atoms with Gasteiger partial charge < -0.3 is 35.1 Å². The van der Waals surface area contributed by atoms with Crippen LogP contribution in [0, 0.1) is 0 Å². The van der Waals surface area contributed by atoms with Gasteiger partial charge in [0.25, 0.3) is 0 Å². The van der Waals surface area contributed by atoms with Crippen LogP contribution in [-0.4, -0.2) is 134 Å². The van der Waals surface area contributed by atoms with Crippen LogP contribution in [-0.2, 0) is 110 Å². The molecular formula is C81H97F15N2O16S5. The van der Waals surface area contributed by atoms with Gasteiger partial charge in [-0.05, 0) is 214 Å². The first kappa shape index (κ1) is 97.9. The van der Waals surface area contributed by atoms with Crippen molar-refractivity contribution in [2.75, 3.05) is 33.5 Å². The molecule has 18 nitrogen and oxygen atoms in total. The van der Waals surface area contributed by atoms with Crippen molar-refractivity contribution in [1.82, 2.24) is 5.32 Å². The number of carbonyl (C=O) groups excluding carboxylic acids is 1. The zero-order valence-corrected chi connectivity index (χ0v) is 69.8. The van der Waals surface area contributed by atoms with Crippen LogP contribution in [0.25, 0.3) is 0 Å². The summed E-state index contributed by atoms with van der Waals surface area (Å²) in [5, 5.41) is 9.75. The molecule has 0 bridgehead atoms. The van der Waals surface area contributed by atoms with E-state index < -0.39 is 144 Å². The number of rotatable bonds is 13. The third kappa shape index (κ3) is 23.5. The number of ketones is 1. The Balaban J connectivity index is 0.000000185. The van der Waals surface area contributed by atoms with E-state index in [1.165, 1.54) is 37.3 Å². The highest BCUT2D eigenvalue weighted by atomic mass is 32.2. The van der Waals surface area contributed by atoms with Crippen molar-refractivity contribution in [2.45, 2.75) is 266 Å². The average Bonchev–Trinajstić information content (AvgIpc) is 1.54. The number of carbonyl (C=O) groups is 1. The molecule has 2 spiro atoms. The normalized spacial score (nSPS) is 23.4. The molecule has 7 aliphatic rings. The molecule has 0 atom stereocenters. The second kappa shape index (κ2) is 37.9. The molecule has 13 rings (SSSR count). The molecule has 0 aromatic heterocycles. The molecule has 0 unspecified atom stereocenters. The highest BCUT2D eigenvalue weighted by molar-refractivity contribution is 7.94. The maximum absolute atomic E-state index is 13.1. The summed E-state index contributed by atoms with van der Waals surface area (Å²) >= 11 is 0. The van der Waals surface area contributed by atoms with Crippen molar-refractivity contribution in [3.8, 4) is 0 Å². The lowest BCUT2D eigenvalue weighted by Crippen LogP contribution is -2.46. The molecule has 0 radical (unpaired) electrons. The minimum Gasteiger partial charge on any atom is -0.400 e. The molecule has 2 saturated heterocycles. The number of alkyl halides is 15. The van der Waals surface area contributed by atoms with Gasteiger partial charge in [0.2, 0.25) is 0 Å². The first-order valence-electron chi connectivity index (χ1n) is 38.2. The van der Waals surface area contributed by atoms with Gasteiger partial charge in [-0.3, -0.25) is 4.79 Å². The predicted molar refractivity (Wildman–Crippen MR) is 410 cm³/mol. The van der Waals surface area contributed by atoms with Gasteiger partial charge in [-0.1, -0.05) is 60.7 Å². The molecule has 5 aliphatic carbocycles. The third-order valence-corrected chi connectivity index (χ3v) is 35.8. The lowest BCUT2D eigenvalue weighted by Gasteiger charge is -2.41. The van der Waals surface area contributed by atoms with Gasteiger partial charge >= 0.3 is 30.9 Å². The predicted octanol–water partition coefficient (Wildman–Crippen LogP) is 17.8. The Morgan fingerprint density at radius 1 is 0.361 bits per heavy atom. The van der Waals surface area contributed by atoms with Crippen LogP contribution < -0.4 is 11.1 Å². The van der Waals surface area contributed by atoms with Crippen LogP contribution >= 0.6 is 0 Å². The Morgan fingerprint density at radius 2 is 0.639 bits per heavy atom. The fourth-order valence-corrected chi connectivity index (χ4v) is 24.6. The number of benzene rings is 6. The van der Waals surface area contributed by atoms with Gasteiger partial charge in [-0.25, -0.2) is 42.1 Å². The van der Waals surface area contributed by atoms with Crippen molar-refractivity contribution in [3.05, 3.63) is 185 Å². The first-order valence-corrected chi connectivity index (χ1v) is 45.7. The van der Waals surface area contributed by atoms with E-state index in [4.69, 9.17) is 29.8 Å². The molecule has 2 heterocycles. The van der Waals surface area contributed by atoms with Crippen LogP contribution in [0.3, 0.4) is 0 Å². The van der Waals surface area contributed by atoms with Crippen molar-refractivity contribution in [1.29, 1.82) is 0 Å². The number of hydrogen-bond acceptors (Lipinski definition) is 18. The molecule has 38 heteroatoms. The van der Waals surface area contributed by atoms with Crippen molar-refractivity contribution >= 4 is 55.0 Å². The van der Waals surface area contributed by atoms with Gasteiger partial charge in [0, 0.05) is 64.3 Å². The molecule has 6 aromatic carbocycles. The van der Waals surface area contributed by atoms with E-state index in [2.05, 4.69) is 5.32 Å². The Bertz CT molecular complexity index is 5010. The van der Waals surface area contributed by atoms with Crippen LogP contribution in [0.4, 0.5) is 65.9 Å². The Morgan fingerprint density at radius 3 is 0.958 bits per heavy atom. The molecule has 662 valence electrons. The van der Waals surface area contributed by atoms with Gasteiger partial charge in [-0.2, -0.15) is 65.9 Å². The highest BCUT2D eigenvalue weighted by Crippen LogP contribution is 2.49. The molecule has 4 N–H and O–H groups in total. The fraction of sp³-hybridized carbons (Fsp3) is 0.543. The minimum absolute atomic E-state index is 0.00767. The first-order chi connectivity index (χ1) is 55.1. The summed E-state index contributed by atoms with van der Waals surface area (Å²) in [5.74, 6) is -1.42. The van der Waals surface area contributed by atoms with E-state index >= 15 is 0 Å². The largest absolute Gasteiger partial charge is 0.416 e. The third-order valence-electron chi connectivity index (χ3n) is 23.2. The SMILES string of the molecule is CC1(S(=O)(=O)c2cccc(C(F)(F)F)c2)CCC(=O)CC1.CC1(S(=O)(=O)c2cccc(C(F)(F)F)c2)CCC(N)CC1.CC1(S(=O)(=O)c2cccc(C(F)(F)F)c2)CCC(NCc2ccccc2)CC1.CC1(S(=O)(=O)c2cccc(C(F)(F)F)c2)CCC2(CC1)OCCO2.CO.O=S(=O)(c1cccc(C(F)(F)F)c1)C1CCC2(CC1)OCCO2. The zero-order chi connectivity index (χ0) is 88.6. The van der Waals surface area contributed by atoms with Gasteiger partial charge in [-0.15, -0.1) is 0 Å². The quantitative estimate of drug-likeness (QED) is 0.0906. The molecule has 2 aliphatic heterocycles. The van der Waals surface area contributed by atoms with Gasteiger partial charge in [0.15, 0.2) is 60.8 Å². The van der Waals surface area contributed by atoms with E-state index in [0.29, 0.717) is 141 Å². The lowest BCUT2D eigenvalue weighted by atomic mass is 9.85. The topological polar surface area (TPSA) is 283 Å². The van der Waals surface area contributed by atoms with E-state index in [1.807, 2.05) is 30.3 Å². The summed E-state index contributed by atoms with van der Waals surface area (Å²) in [6, 6.07) is 29.8. The van der Waals surface area contributed by atoms with Crippen LogP contribution in [0.15, 0.2) is 176 Å². The Labute approximate surface area is 683 Å². The summed E-state index contributed by atoms with van der Waals surface area (Å²) < 4.78 is 338. The molecule has 7 fully saturated rings. The number of halogens is 15. The Hall–Kier alpha value is -6.59. The number of sulfone groups is 5. The van der Waals surface area contributed by atoms with Crippen LogP contribution in [0.2, 0.25) is 0 Å². The second-order valence-electron chi connectivity index (χ2n) is 31.4. The zero-order valence-electron chi connectivity index (χ0n) is 65.7. The maximum atomic E-state index is 13.1. The number of Topliss-reactive ketones (excluding diaryl/α,β-unsaturated/α-hetero) is 1. The number of ether oxygens (including phenoxy) is 4. The van der Waals surface area contributed by atoms with Crippen molar-refractivity contribution in [3.63, 3.8) is 0 Å². The summed E-state index contributed by atoms with van der Waals surface area (Å²) in [7, 11) is -18.3. The van der Waals surface area contributed by atoms with Crippen molar-refractivity contribution < 1.29 is 137 Å². The second-order valence-corrected chi connectivity index (χ2v) is 43.5. The summed E-state index contributed by atoms with van der Waals surface area (Å²) in [6.07, 6.45) is -15.3. The summed E-state index contributed by atoms with van der Waals surface area (Å²) in [4.78, 5) is 9.84. The number of nitrogens with one attached hydrogen (secondary N) is 1. The number of hydrogen-bond donors (Lipinski definition) is 3. The van der Waals surface area contributed by atoms with E-state index in [0.717, 1.165) is 85.5 Å². The molecular weight excluding hydrogens is 1700 g/mol. The summed E-state index contributed by atoms with van der Waals surface area (Å²) in [6.45, 7) is 8.98. The van der Waals surface area contributed by atoms with E-state index in [9.17, 15) is 113 Å².